The zero-order chi connectivity index (χ0) is 16.2. The summed E-state index contributed by atoms with van der Waals surface area (Å²) in [6, 6.07) is 11.1. The van der Waals surface area contributed by atoms with Crippen LogP contribution >= 0.6 is 0 Å². The van der Waals surface area contributed by atoms with Gasteiger partial charge in [0.1, 0.15) is 0 Å². The number of aliphatic hydroxyl groups is 2. The van der Waals surface area contributed by atoms with Crippen molar-refractivity contribution < 1.29 is 24.3 Å². The molecule has 23 heavy (non-hydrogen) atoms. The summed E-state index contributed by atoms with van der Waals surface area (Å²) < 4.78 is 12.4. The Balaban J connectivity index is 2.02. The first-order chi connectivity index (χ1) is 11.1. The van der Waals surface area contributed by atoms with Crippen molar-refractivity contribution in [3.63, 3.8) is 0 Å². The minimum Gasteiger partial charge on any atom is -0.493 e. The lowest BCUT2D eigenvalue weighted by molar-refractivity contribution is -0.659. The molecule has 0 bridgehead atoms. The Kier molecular flexibility index (Phi) is 2.90. The quantitative estimate of drug-likeness (QED) is 0.830. The van der Waals surface area contributed by atoms with Gasteiger partial charge < -0.3 is 19.7 Å². The van der Waals surface area contributed by atoms with Gasteiger partial charge in [-0.1, -0.05) is 12.1 Å². The van der Waals surface area contributed by atoms with Crippen LogP contribution in [-0.2, 0) is 12.1 Å². The molecular weight excluding hydrogens is 294 g/mol. The highest BCUT2D eigenvalue weighted by Gasteiger charge is 2.56. The van der Waals surface area contributed by atoms with Crippen molar-refractivity contribution in [1.29, 1.82) is 0 Å². The van der Waals surface area contributed by atoms with Crippen LogP contribution in [0.4, 0.5) is 0 Å². The Morgan fingerprint density at radius 1 is 1.04 bits per heavy atom. The number of nitrogens with zero attached hydrogens (tertiary/aromatic N) is 1. The lowest BCUT2D eigenvalue weighted by atomic mass is 9.86. The maximum absolute atomic E-state index is 11.5. The van der Waals surface area contributed by atoms with E-state index in [1.807, 2.05) is 30.3 Å². The number of hydrogen-bond acceptors (Lipinski definition) is 3. The van der Waals surface area contributed by atoms with Crippen molar-refractivity contribution in [3.05, 3.63) is 58.7 Å². The molecule has 0 amide bonds. The second kappa shape index (κ2) is 4.73. The molecule has 5 heteroatoms. The minimum absolute atomic E-state index is 0.114. The zero-order valence-corrected chi connectivity index (χ0v) is 13.0. The Hall–Kier alpha value is -2.53. The third-order valence-electron chi connectivity index (χ3n) is 4.78. The molecule has 2 aliphatic rings. The second-order valence-electron chi connectivity index (χ2n) is 5.81. The zero-order valence-electron chi connectivity index (χ0n) is 13.0. The van der Waals surface area contributed by atoms with Crippen LogP contribution in [0, 0.1) is 0 Å². The topological polar surface area (TPSA) is 61.9 Å². The molecule has 118 valence electrons. The molecule has 1 unspecified atom stereocenters. The van der Waals surface area contributed by atoms with E-state index in [-0.39, 0.29) is 5.90 Å². The molecule has 1 atom stereocenters. The molecule has 5 nitrogen and oxygen atoms in total. The summed E-state index contributed by atoms with van der Waals surface area (Å²) >= 11 is 0. The number of rotatable bonds is 2. The fourth-order valence-corrected chi connectivity index (χ4v) is 3.67. The number of ether oxygens (including phenoxy) is 2. The molecule has 2 heterocycles. The van der Waals surface area contributed by atoms with Crippen LogP contribution in [0.15, 0.2) is 36.4 Å². The van der Waals surface area contributed by atoms with Gasteiger partial charge in [-0.25, -0.2) is 0 Å². The lowest BCUT2D eigenvalue weighted by Crippen LogP contribution is -2.44. The average Bonchev–Trinajstić information content (AvgIpc) is 2.82. The Bertz CT molecular complexity index is 843. The third kappa shape index (κ3) is 1.68. The molecule has 0 saturated carbocycles. The molecule has 0 aliphatic carbocycles. The summed E-state index contributed by atoms with van der Waals surface area (Å²) in [5, 5.41) is 22.0. The molecule has 4 rings (SSSR count). The molecule has 2 aliphatic heterocycles. The van der Waals surface area contributed by atoms with Gasteiger partial charge in [0.2, 0.25) is 0 Å². The standard InChI is InChI=1S/C18H17NO4/c1-22-15-9-11-7-8-19-17(20)12-5-3-4-6-13(12)18(19,21)14(11)10-16(15)23-2/h3-6,9-10,21H,7-8H2,1-2H3/p+1. The van der Waals surface area contributed by atoms with Crippen molar-refractivity contribution in [2.24, 2.45) is 0 Å². The summed E-state index contributed by atoms with van der Waals surface area (Å²) in [5.74, 6) is 1.32. The van der Waals surface area contributed by atoms with Crippen LogP contribution in [0.5, 0.6) is 11.5 Å². The summed E-state index contributed by atoms with van der Waals surface area (Å²) in [4.78, 5) is 0. The first-order valence-corrected chi connectivity index (χ1v) is 7.52. The van der Waals surface area contributed by atoms with E-state index in [9.17, 15) is 10.2 Å². The van der Waals surface area contributed by atoms with Crippen LogP contribution in [0.2, 0.25) is 0 Å². The molecule has 2 aromatic rings. The third-order valence-corrected chi connectivity index (χ3v) is 4.78. The molecule has 0 aromatic heterocycles. The highest BCUT2D eigenvalue weighted by molar-refractivity contribution is 5.93. The number of hydrogen-bond donors (Lipinski definition) is 2. The SMILES string of the molecule is COc1cc2c(cc1OC)C1(O)c3ccccc3C(O)=[N+]1CC2. The van der Waals surface area contributed by atoms with Gasteiger partial charge in [0.05, 0.1) is 30.9 Å². The number of benzene rings is 2. The van der Waals surface area contributed by atoms with Gasteiger partial charge in [-0.05, 0) is 29.8 Å². The van der Waals surface area contributed by atoms with Gasteiger partial charge in [0.25, 0.3) is 0 Å². The van der Waals surface area contributed by atoms with Crippen molar-refractivity contribution in [3.8, 4) is 11.5 Å². The molecular formula is C18H18NO4+. The lowest BCUT2D eigenvalue weighted by Gasteiger charge is -2.29. The fraction of sp³-hybridized carbons (Fsp3) is 0.278. The number of methoxy groups -OCH3 is 2. The highest BCUT2D eigenvalue weighted by atomic mass is 16.5. The van der Waals surface area contributed by atoms with Crippen LogP contribution < -0.4 is 9.47 Å². The maximum Gasteiger partial charge on any atom is 0.371 e. The van der Waals surface area contributed by atoms with Crippen molar-refractivity contribution in [1.82, 2.24) is 0 Å². The molecule has 0 saturated heterocycles. The monoisotopic (exact) mass is 312 g/mol. The largest absolute Gasteiger partial charge is 0.493 e. The summed E-state index contributed by atoms with van der Waals surface area (Å²) in [6.07, 6.45) is 0.704. The van der Waals surface area contributed by atoms with E-state index in [0.29, 0.717) is 35.6 Å². The minimum atomic E-state index is -1.38. The Morgan fingerprint density at radius 3 is 2.48 bits per heavy atom. The van der Waals surface area contributed by atoms with Gasteiger partial charge in [0.15, 0.2) is 18.0 Å². The van der Waals surface area contributed by atoms with Gasteiger partial charge >= 0.3 is 11.6 Å². The van der Waals surface area contributed by atoms with E-state index >= 15 is 0 Å². The predicted molar refractivity (Wildman–Crippen MR) is 84.6 cm³/mol. The second-order valence-corrected chi connectivity index (χ2v) is 5.81. The summed E-state index contributed by atoms with van der Waals surface area (Å²) in [6.45, 7) is 0.527. The van der Waals surface area contributed by atoms with Gasteiger partial charge in [0, 0.05) is 6.42 Å². The van der Waals surface area contributed by atoms with E-state index in [4.69, 9.17) is 9.47 Å². The van der Waals surface area contributed by atoms with E-state index in [2.05, 4.69) is 0 Å². The molecule has 0 fully saturated rings. The van der Waals surface area contributed by atoms with E-state index in [1.165, 1.54) is 0 Å². The maximum atomic E-state index is 11.5. The predicted octanol–water partition coefficient (Wildman–Crippen LogP) is 1.78. The van der Waals surface area contributed by atoms with E-state index < -0.39 is 5.72 Å². The van der Waals surface area contributed by atoms with Crippen molar-refractivity contribution in [2.75, 3.05) is 20.8 Å². The van der Waals surface area contributed by atoms with Crippen LogP contribution in [-0.4, -0.2) is 41.5 Å². The summed E-state index contributed by atoms with van der Waals surface area (Å²) in [5.41, 5.74) is 1.68. The normalized spacial score (nSPS) is 21.5. The molecule has 0 radical (unpaired) electrons. The van der Waals surface area contributed by atoms with E-state index in [1.54, 1.807) is 24.9 Å². The number of aliphatic hydroxyl groups excluding tert-OH is 1. The first kappa shape index (κ1) is 14.1. The van der Waals surface area contributed by atoms with Crippen LogP contribution in [0.1, 0.15) is 22.3 Å². The van der Waals surface area contributed by atoms with Crippen LogP contribution in [0.25, 0.3) is 0 Å². The first-order valence-electron chi connectivity index (χ1n) is 7.52. The molecule has 2 aromatic carbocycles. The van der Waals surface area contributed by atoms with E-state index in [0.717, 1.165) is 11.1 Å². The fourth-order valence-electron chi connectivity index (χ4n) is 3.67. The highest BCUT2D eigenvalue weighted by Crippen LogP contribution is 2.45. The summed E-state index contributed by atoms with van der Waals surface area (Å²) in [7, 11) is 3.17. The van der Waals surface area contributed by atoms with Gasteiger partial charge in [-0.3, -0.25) is 0 Å². The average molecular weight is 312 g/mol. The van der Waals surface area contributed by atoms with Crippen molar-refractivity contribution >= 4 is 5.90 Å². The van der Waals surface area contributed by atoms with Gasteiger partial charge in [-0.15, -0.1) is 0 Å². The molecule has 2 N–H and O–H groups in total. The van der Waals surface area contributed by atoms with Gasteiger partial charge in [-0.2, -0.15) is 4.58 Å². The Labute approximate surface area is 134 Å². The van der Waals surface area contributed by atoms with Crippen molar-refractivity contribution in [2.45, 2.75) is 12.1 Å². The smallest absolute Gasteiger partial charge is 0.371 e. The number of fused-ring (bicyclic) bond motifs is 5. The Morgan fingerprint density at radius 2 is 1.74 bits per heavy atom. The molecule has 0 spiro atoms. The van der Waals surface area contributed by atoms with Crippen LogP contribution in [0.3, 0.4) is 0 Å².